The van der Waals surface area contributed by atoms with Crippen LogP contribution in [0.2, 0.25) is 5.02 Å². The van der Waals surface area contributed by atoms with E-state index in [0.29, 0.717) is 23.1 Å². The topological polar surface area (TPSA) is 85.4 Å². The van der Waals surface area contributed by atoms with E-state index in [9.17, 15) is 4.79 Å². The lowest BCUT2D eigenvalue weighted by Crippen LogP contribution is -2.26. The molecule has 0 unspecified atom stereocenters. The maximum Gasteiger partial charge on any atom is 0.263 e. The number of aromatic nitrogens is 2. The normalized spacial score (nSPS) is 12.7. The number of nitrogens with zero attached hydrogens (tertiary/aromatic N) is 2. The van der Waals surface area contributed by atoms with Crippen molar-refractivity contribution in [3.05, 3.63) is 77.1 Å². The summed E-state index contributed by atoms with van der Waals surface area (Å²) in [5.74, 6) is 1.66. The first-order valence-electron chi connectivity index (χ1n) is 11.0. The first kappa shape index (κ1) is 22.1. The molecular formula is C26H23ClN4O3. The third kappa shape index (κ3) is 4.66. The van der Waals surface area contributed by atoms with Crippen LogP contribution in [-0.4, -0.2) is 36.1 Å². The van der Waals surface area contributed by atoms with Gasteiger partial charge in [-0.05, 0) is 54.4 Å². The molecule has 8 heteroatoms. The van der Waals surface area contributed by atoms with Crippen LogP contribution in [0.15, 0.2) is 60.8 Å². The van der Waals surface area contributed by atoms with Gasteiger partial charge in [-0.15, -0.1) is 0 Å². The van der Waals surface area contributed by atoms with Crippen LogP contribution in [0.25, 0.3) is 22.0 Å². The molecule has 34 heavy (non-hydrogen) atoms. The summed E-state index contributed by atoms with van der Waals surface area (Å²) in [7, 11) is 1.65. The second-order valence-corrected chi connectivity index (χ2v) is 8.38. The number of hydrogen-bond acceptors (Lipinski definition) is 6. The lowest BCUT2D eigenvalue weighted by atomic mass is 9.99. The Bertz CT molecular complexity index is 1360. The van der Waals surface area contributed by atoms with Gasteiger partial charge in [0.2, 0.25) is 0 Å². The Morgan fingerprint density at radius 2 is 2.00 bits per heavy atom. The van der Waals surface area contributed by atoms with Crippen LogP contribution in [0.1, 0.15) is 11.3 Å². The van der Waals surface area contributed by atoms with Crippen LogP contribution in [-0.2, 0) is 17.8 Å². The van der Waals surface area contributed by atoms with Gasteiger partial charge in [0.15, 0.2) is 18.2 Å². The van der Waals surface area contributed by atoms with Crippen molar-refractivity contribution in [2.24, 2.45) is 0 Å². The molecule has 0 bridgehead atoms. The SMILES string of the molecule is COc1ccc2ncc(Cl)c(-c3ccc(CCNCc4ccc5c(n4)NC(=O)CO5)cc3)c2c1. The van der Waals surface area contributed by atoms with Gasteiger partial charge in [-0.2, -0.15) is 0 Å². The monoisotopic (exact) mass is 474 g/mol. The molecule has 2 N–H and O–H groups in total. The van der Waals surface area contributed by atoms with Crippen molar-refractivity contribution in [2.75, 3.05) is 25.6 Å². The molecule has 0 fully saturated rings. The highest BCUT2D eigenvalue weighted by molar-refractivity contribution is 6.34. The summed E-state index contributed by atoms with van der Waals surface area (Å²) in [5.41, 5.74) is 4.90. The van der Waals surface area contributed by atoms with Crippen LogP contribution in [0.5, 0.6) is 11.5 Å². The molecule has 2 aromatic heterocycles. The molecule has 172 valence electrons. The highest BCUT2D eigenvalue weighted by Crippen LogP contribution is 2.35. The predicted octanol–water partition coefficient (Wildman–Crippen LogP) is 4.62. The average Bonchev–Trinajstić information content (AvgIpc) is 2.86. The average molecular weight is 475 g/mol. The highest BCUT2D eigenvalue weighted by atomic mass is 35.5. The minimum Gasteiger partial charge on any atom is -0.497 e. The molecule has 4 aromatic rings. The number of ether oxygens (including phenoxy) is 2. The summed E-state index contributed by atoms with van der Waals surface area (Å²) in [6.45, 7) is 1.42. The molecule has 0 spiro atoms. The summed E-state index contributed by atoms with van der Waals surface area (Å²) < 4.78 is 10.7. The smallest absolute Gasteiger partial charge is 0.263 e. The Morgan fingerprint density at radius 1 is 1.15 bits per heavy atom. The molecule has 0 aliphatic carbocycles. The van der Waals surface area contributed by atoms with Gasteiger partial charge in [-0.3, -0.25) is 9.78 Å². The highest BCUT2D eigenvalue weighted by Gasteiger charge is 2.17. The number of carbonyl (C=O) groups is 1. The molecule has 0 radical (unpaired) electrons. The molecule has 0 saturated carbocycles. The van der Waals surface area contributed by atoms with E-state index in [2.05, 4.69) is 44.9 Å². The van der Waals surface area contributed by atoms with Crippen molar-refractivity contribution >= 4 is 34.2 Å². The van der Waals surface area contributed by atoms with Crippen LogP contribution in [0.4, 0.5) is 5.82 Å². The van der Waals surface area contributed by atoms with Gasteiger partial charge in [-0.1, -0.05) is 35.9 Å². The predicted molar refractivity (Wildman–Crippen MR) is 133 cm³/mol. The summed E-state index contributed by atoms with van der Waals surface area (Å²) in [6, 6.07) is 17.9. The van der Waals surface area contributed by atoms with Crippen molar-refractivity contribution in [3.8, 4) is 22.6 Å². The van der Waals surface area contributed by atoms with E-state index in [1.807, 2.05) is 30.3 Å². The number of benzene rings is 2. The Balaban J connectivity index is 1.23. The quantitative estimate of drug-likeness (QED) is 0.380. The zero-order chi connectivity index (χ0) is 23.5. The molecule has 3 heterocycles. The van der Waals surface area contributed by atoms with E-state index in [1.165, 1.54) is 5.56 Å². The summed E-state index contributed by atoms with van der Waals surface area (Å²) in [4.78, 5) is 20.4. The molecule has 2 aromatic carbocycles. The zero-order valence-corrected chi connectivity index (χ0v) is 19.4. The van der Waals surface area contributed by atoms with E-state index >= 15 is 0 Å². The van der Waals surface area contributed by atoms with Crippen molar-refractivity contribution < 1.29 is 14.3 Å². The van der Waals surface area contributed by atoms with Gasteiger partial charge >= 0.3 is 0 Å². The van der Waals surface area contributed by atoms with Gasteiger partial charge in [0, 0.05) is 23.7 Å². The Hall–Kier alpha value is -3.68. The maximum absolute atomic E-state index is 11.5. The summed E-state index contributed by atoms with van der Waals surface area (Å²) >= 11 is 6.54. The fraction of sp³-hybridized carbons (Fsp3) is 0.192. The van der Waals surface area contributed by atoms with E-state index in [0.717, 1.165) is 46.4 Å². The number of nitrogens with one attached hydrogen (secondary N) is 2. The standard InChI is InChI=1S/C26H23ClN4O3/c1-33-19-7-8-22-20(12-19)25(21(27)14-29-22)17-4-2-16(3-5-17)10-11-28-13-18-6-9-23-26(30-18)31-24(32)15-34-23/h2-9,12,14,28H,10-11,13,15H2,1H3,(H,30,31,32). The molecule has 0 atom stereocenters. The number of amides is 1. The number of fused-ring (bicyclic) bond motifs is 2. The Kier molecular flexibility index (Phi) is 6.29. The number of hydrogen-bond donors (Lipinski definition) is 2. The fourth-order valence-electron chi connectivity index (χ4n) is 3.96. The van der Waals surface area contributed by atoms with E-state index in [4.69, 9.17) is 21.1 Å². The van der Waals surface area contributed by atoms with Gasteiger partial charge in [0.05, 0.1) is 23.3 Å². The Labute approximate surface area is 202 Å². The molecule has 1 aliphatic rings. The Morgan fingerprint density at radius 3 is 2.82 bits per heavy atom. The first-order chi connectivity index (χ1) is 16.6. The number of anilines is 1. The number of carbonyl (C=O) groups excluding carboxylic acids is 1. The van der Waals surface area contributed by atoms with Crippen LogP contribution >= 0.6 is 11.6 Å². The number of pyridine rings is 2. The largest absolute Gasteiger partial charge is 0.497 e. The summed E-state index contributed by atoms with van der Waals surface area (Å²) in [5, 5.41) is 7.70. The van der Waals surface area contributed by atoms with Crippen molar-refractivity contribution in [1.29, 1.82) is 0 Å². The van der Waals surface area contributed by atoms with E-state index < -0.39 is 0 Å². The number of rotatable bonds is 7. The van der Waals surface area contributed by atoms with Crippen LogP contribution < -0.4 is 20.1 Å². The van der Waals surface area contributed by atoms with Crippen LogP contribution in [0.3, 0.4) is 0 Å². The zero-order valence-electron chi connectivity index (χ0n) is 18.6. The van der Waals surface area contributed by atoms with Crippen molar-refractivity contribution in [2.45, 2.75) is 13.0 Å². The van der Waals surface area contributed by atoms with Gasteiger partial charge in [0.25, 0.3) is 5.91 Å². The van der Waals surface area contributed by atoms with Gasteiger partial charge in [0.1, 0.15) is 5.75 Å². The van der Waals surface area contributed by atoms with Crippen LogP contribution in [0, 0.1) is 0 Å². The molecule has 5 rings (SSSR count). The third-order valence-electron chi connectivity index (χ3n) is 5.70. The van der Waals surface area contributed by atoms with Gasteiger partial charge < -0.3 is 20.1 Å². The third-order valence-corrected chi connectivity index (χ3v) is 5.99. The van der Waals surface area contributed by atoms with E-state index in [-0.39, 0.29) is 12.5 Å². The van der Waals surface area contributed by atoms with E-state index in [1.54, 1.807) is 13.3 Å². The van der Waals surface area contributed by atoms with Gasteiger partial charge in [-0.25, -0.2) is 4.98 Å². The molecule has 1 amide bonds. The van der Waals surface area contributed by atoms with Crippen molar-refractivity contribution in [3.63, 3.8) is 0 Å². The molecule has 1 aliphatic heterocycles. The molecule has 7 nitrogen and oxygen atoms in total. The first-order valence-corrected chi connectivity index (χ1v) is 11.3. The lowest BCUT2D eigenvalue weighted by Gasteiger charge is -2.17. The minimum absolute atomic E-state index is 0.0306. The molecular weight excluding hydrogens is 452 g/mol. The minimum atomic E-state index is -0.186. The fourth-order valence-corrected chi connectivity index (χ4v) is 4.22. The number of halogens is 1. The van der Waals surface area contributed by atoms with Crippen molar-refractivity contribution in [1.82, 2.24) is 15.3 Å². The lowest BCUT2D eigenvalue weighted by molar-refractivity contribution is -0.118. The second-order valence-electron chi connectivity index (χ2n) is 7.97. The maximum atomic E-state index is 11.5. The number of methoxy groups -OCH3 is 1. The summed E-state index contributed by atoms with van der Waals surface area (Å²) in [6.07, 6.45) is 2.56. The second kappa shape index (κ2) is 9.67. The molecule has 0 saturated heterocycles.